The molecule has 3 rings (SSSR count). The fraction of sp³-hybridized carbons (Fsp3) is 0.360. The number of amidine groups is 1. The molecule has 0 aromatic heterocycles. The van der Waals surface area contributed by atoms with Crippen LogP contribution in [-0.2, 0) is 23.9 Å². The van der Waals surface area contributed by atoms with Crippen LogP contribution in [0.25, 0.3) is 11.1 Å². The first kappa shape index (κ1) is 24.8. The molecule has 2 atom stereocenters. The maximum Gasteiger partial charge on any atom is 0.311 e. The highest BCUT2D eigenvalue weighted by atomic mass is 16.7. The number of nitrogen functional groups attached to an aromatic ring is 1. The second-order valence-corrected chi connectivity index (χ2v) is 8.42. The van der Waals surface area contributed by atoms with Gasteiger partial charge in [-0.25, -0.2) is 0 Å². The van der Waals surface area contributed by atoms with Gasteiger partial charge in [0.2, 0.25) is 12.7 Å². The lowest BCUT2D eigenvalue weighted by Gasteiger charge is -2.13. The van der Waals surface area contributed by atoms with E-state index in [1.165, 1.54) is 0 Å². The molecule has 1 aliphatic heterocycles. The van der Waals surface area contributed by atoms with Crippen molar-refractivity contribution in [3.63, 3.8) is 0 Å². The predicted octanol–water partition coefficient (Wildman–Crippen LogP) is 2.61. The van der Waals surface area contributed by atoms with Crippen molar-refractivity contribution < 1.29 is 28.6 Å². The summed E-state index contributed by atoms with van der Waals surface area (Å²) in [5.41, 5.74) is 8.15. The Bertz CT molecular complexity index is 1030. The fourth-order valence-corrected chi connectivity index (χ4v) is 3.48. The molecule has 9 heteroatoms. The van der Waals surface area contributed by atoms with Gasteiger partial charge in [0.1, 0.15) is 18.2 Å². The van der Waals surface area contributed by atoms with E-state index in [0.717, 1.165) is 11.1 Å². The van der Waals surface area contributed by atoms with Crippen LogP contribution >= 0.6 is 0 Å². The molecular formula is C25H29N3O6. The van der Waals surface area contributed by atoms with Gasteiger partial charge in [0.15, 0.2) is 0 Å². The minimum Gasteiger partial charge on any atom is -0.491 e. The van der Waals surface area contributed by atoms with Crippen molar-refractivity contribution in [3.05, 3.63) is 54.1 Å². The third-order valence-electron chi connectivity index (χ3n) is 5.43. The van der Waals surface area contributed by atoms with Crippen molar-refractivity contribution in [1.29, 1.82) is 5.41 Å². The molecule has 2 aromatic rings. The highest BCUT2D eigenvalue weighted by Gasteiger charge is 2.34. The average molecular weight is 468 g/mol. The number of esters is 2. The Labute approximate surface area is 198 Å². The zero-order chi connectivity index (χ0) is 24.7. The Morgan fingerprint density at radius 2 is 1.68 bits per heavy atom. The summed E-state index contributed by atoms with van der Waals surface area (Å²) in [6.07, 6.45) is 0.360. The topological polar surface area (TPSA) is 141 Å². The van der Waals surface area contributed by atoms with Gasteiger partial charge >= 0.3 is 11.9 Å². The molecule has 1 heterocycles. The van der Waals surface area contributed by atoms with Gasteiger partial charge in [0.25, 0.3) is 0 Å². The van der Waals surface area contributed by atoms with Crippen LogP contribution in [-0.4, -0.2) is 43.1 Å². The Hall–Kier alpha value is -3.88. The molecule has 0 bridgehead atoms. The van der Waals surface area contributed by atoms with E-state index in [0.29, 0.717) is 17.7 Å². The number of hydrogen-bond donors (Lipinski definition) is 3. The molecule has 0 spiro atoms. The van der Waals surface area contributed by atoms with Gasteiger partial charge in [-0.1, -0.05) is 50.2 Å². The van der Waals surface area contributed by atoms with E-state index in [2.05, 4.69) is 5.32 Å². The van der Waals surface area contributed by atoms with Crippen LogP contribution < -0.4 is 15.8 Å². The first-order valence-electron chi connectivity index (χ1n) is 11.0. The molecule has 9 nitrogen and oxygen atoms in total. The summed E-state index contributed by atoms with van der Waals surface area (Å²) in [4.78, 5) is 35.5. The monoisotopic (exact) mass is 467 g/mol. The Kier molecular flexibility index (Phi) is 8.24. The third kappa shape index (κ3) is 6.81. The number of carbonyl (C=O) groups is 3. The van der Waals surface area contributed by atoms with E-state index in [1.807, 2.05) is 36.4 Å². The zero-order valence-electron chi connectivity index (χ0n) is 19.2. The minimum atomic E-state index is -0.592. The summed E-state index contributed by atoms with van der Waals surface area (Å²) >= 11 is 0. The normalized spacial score (nSPS) is 17.2. The third-order valence-corrected chi connectivity index (χ3v) is 5.43. The van der Waals surface area contributed by atoms with Gasteiger partial charge in [-0.3, -0.25) is 19.8 Å². The molecule has 2 aromatic carbocycles. The predicted molar refractivity (Wildman–Crippen MR) is 125 cm³/mol. The minimum absolute atomic E-state index is 0.0283. The number of amides is 1. The molecule has 180 valence electrons. The number of nitrogens with one attached hydrogen (secondary N) is 2. The summed E-state index contributed by atoms with van der Waals surface area (Å²) < 4.78 is 15.5. The maximum absolute atomic E-state index is 12.2. The highest BCUT2D eigenvalue weighted by molar-refractivity contribution is 5.95. The Balaban J connectivity index is 1.43. The molecule has 4 N–H and O–H groups in total. The summed E-state index contributed by atoms with van der Waals surface area (Å²) in [6, 6.07) is 14.7. The van der Waals surface area contributed by atoms with Crippen molar-refractivity contribution in [3.8, 4) is 16.9 Å². The van der Waals surface area contributed by atoms with Gasteiger partial charge in [0.05, 0.1) is 24.3 Å². The molecule has 1 aliphatic rings. The second-order valence-electron chi connectivity index (χ2n) is 8.42. The fourth-order valence-electron chi connectivity index (χ4n) is 3.48. The Morgan fingerprint density at radius 3 is 2.26 bits per heavy atom. The van der Waals surface area contributed by atoms with Crippen LogP contribution in [0.2, 0.25) is 0 Å². The average Bonchev–Trinajstić information content (AvgIpc) is 3.16. The van der Waals surface area contributed by atoms with Gasteiger partial charge < -0.3 is 25.3 Å². The number of hydrogen-bond acceptors (Lipinski definition) is 7. The summed E-state index contributed by atoms with van der Waals surface area (Å²) in [5.74, 6) is -1.41. The van der Waals surface area contributed by atoms with Crippen LogP contribution in [0.4, 0.5) is 0 Å². The summed E-state index contributed by atoms with van der Waals surface area (Å²) in [6.45, 7) is 3.18. The number of ether oxygens (including phenoxy) is 3. The van der Waals surface area contributed by atoms with Gasteiger partial charge in [0, 0.05) is 5.56 Å². The number of rotatable bonds is 10. The lowest BCUT2D eigenvalue weighted by atomic mass is 10.0. The molecule has 1 saturated heterocycles. The molecule has 1 fully saturated rings. The first-order chi connectivity index (χ1) is 16.2. The number of nitrogens with two attached hydrogens (primary N) is 1. The second kappa shape index (κ2) is 11.3. The van der Waals surface area contributed by atoms with Gasteiger partial charge in [-0.05, 0) is 29.7 Å². The number of benzene rings is 2. The van der Waals surface area contributed by atoms with E-state index in [4.69, 9.17) is 25.4 Å². The molecule has 0 unspecified atom stereocenters. The van der Waals surface area contributed by atoms with Crippen LogP contribution in [0.1, 0.15) is 32.3 Å². The molecule has 1 amide bonds. The van der Waals surface area contributed by atoms with E-state index >= 15 is 0 Å². The SMILES string of the molecule is CC(C)C(=O)OCOC(=O)C[C@@H]1C[C@@H](COc2ccc(-c3ccc(C(=N)N)cc3)cc2)NC1=O. The summed E-state index contributed by atoms with van der Waals surface area (Å²) in [7, 11) is 0. The van der Waals surface area contributed by atoms with Crippen molar-refractivity contribution in [2.75, 3.05) is 13.4 Å². The standard InChI is InChI=1S/C25H29N3O6/c1-15(2)25(31)34-14-33-22(29)12-19-11-20(28-24(19)30)13-32-21-9-7-17(8-10-21)16-3-5-18(6-4-16)23(26)27/h3-10,15,19-20H,11-14H2,1-2H3,(H3,26,27)(H,28,30)/t19-,20-/m0/s1. The van der Waals surface area contributed by atoms with Gasteiger partial charge in [-0.15, -0.1) is 0 Å². The molecule has 34 heavy (non-hydrogen) atoms. The van der Waals surface area contributed by atoms with Crippen molar-refractivity contribution >= 4 is 23.7 Å². The van der Waals surface area contributed by atoms with Crippen LogP contribution in [0.5, 0.6) is 5.75 Å². The quantitative estimate of drug-likeness (QED) is 0.211. The van der Waals surface area contributed by atoms with Crippen molar-refractivity contribution in [2.24, 2.45) is 17.6 Å². The molecular weight excluding hydrogens is 438 g/mol. The van der Waals surface area contributed by atoms with Crippen molar-refractivity contribution in [1.82, 2.24) is 5.32 Å². The first-order valence-corrected chi connectivity index (χ1v) is 11.0. The lowest BCUT2D eigenvalue weighted by molar-refractivity contribution is -0.170. The van der Waals surface area contributed by atoms with E-state index in [9.17, 15) is 14.4 Å². The largest absolute Gasteiger partial charge is 0.491 e. The maximum atomic E-state index is 12.2. The van der Waals surface area contributed by atoms with E-state index < -0.39 is 24.6 Å². The molecule has 0 aliphatic carbocycles. The molecule has 0 radical (unpaired) electrons. The van der Waals surface area contributed by atoms with E-state index in [-0.39, 0.29) is 36.7 Å². The zero-order valence-corrected chi connectivity index (χ0v) is 19.2. The van der Waals surface area contributed by atoms with Crippen molar-refractivity contribution in [2.45, 2.75) is 32.7 Å². The van der Waals surface area contributed by atoms with Crippen LogP contribution in [0.15, 0.2) is 48.5 Å². The highest BCUT2D eigenvalue weighted by Crippen LogP contribution is 2.24. The Morgan fingerprint density at radius 1 is 1.06 bits per heavy atom. The van der Waals surface area contributed by atoms with Crippen LogP contribution in [0, 0.1) is 17.2 Å². The lowest BCUT2D eigenvalue weighted by Crippen LogP contribution is -2.31. The van der Waals surface area contributed by atoms with E-state index in [1.54, 1.807) is 26.0 Å². The number of carbonyl (C=O) groups excluding carboxylic acids is 3. The van der Waals surface area contributed by atoms with Crippen LogP contribution in [0.3, 0.4) is 0 Å². The summed E-state index contributed by atoms with van der Waals surface area (Å²) in [5, 5.41) is 10.3. The smallest absolute Gasteiger partial charge is 0.311 e. The van der Waals surface area contributed by atoms with Gasteiger partial charge in [-0.2, -0.15) is 0 Å². The molecule has 0 saturated carbocycles.